The van der Waals surface area contributed by atoms with Gasteiger partial charge in [0.1, 0.15) is 17.3 Å². The molecule has 0 aliphatic heterocycles. The van der Waals surface area contributed by atoms with E-state index in [2.05, 4.69) is 10.4 Å². The lowest BCUT2D eigenvalue weighted by Gasteiger charge is -2.08. The Bertz CT molecular complexity index is 729. The highest BCUT2D eigenvalue weighted by Gasteiger charge is 2.10. The van der Waals surface area contributed by atoms with Gasteiger partial charge >= 0.3 is 0 Å². The van der Waals surface area contributed by atoms with E-state index < -0.39 is 5.56 Å². The lowest BCUT2D eigenvalue weighted by atomic mass is 10.2. The molecule has 0 saturated carbocycles. The fourth-order valence-corrected chi connectivity index (χ4v) is 1.96. The molecule has 6 nitrogen and oxygen atoms in total. The maximum atomic E-state index is 11.8. The molecular weight excluding hydrogens is 329 g/mol. The Balaban J connectivity index is 1.95. The van der Waals surface area contributed by atoms with Crippen molar-refractivity contribution in [1.82, 2.24) is 15.1 Å². The third-order valence-electron chi connectivity index (χ3n) is 2.88. The van der Waals surface area contributed by atoms with E-state index in [0.717, 1.165) is 16.0 Å². The van der Waals surface area contributed by atoms with Crippen LogP contribution < -0.4 is 15.6 Å². The van der Waals surface area contributed by atoms with Crippen LogP contribution in [0.3, 0.4) is 0 Å². The number of benzene rings is 1. The smallest absolute Gasteiger partial charge is 0.287 e. The molecule has 0 spiro atoms. The Labute approximate surface area is 136 Å². The average molecular weight is 342 g/mol. The van der Waals surface area contributed by atoms with Crippen molar-refractivity contribution in [3.8, 4) is 5.75 Å². The van der Waals surface area contributed by atoms with Gasteiger partial charge in [0.25, 0.3) is 5.56 Å². The van der Waals surface area contributed by atoms with Gasteiger partial charge in [0.15, 0.2) is 0 Å². The molecule has 0 saturated heterocycles. The average Bonchev–Trinajstić information content (AvgIpc) is 2.54. The molecule has 2 rings (SSSR count). The molecule has 0 fully saturated rings. The number of nitrogens with one attached hydrogen (secondary N) is 1. The van der Waals surface area contributed by atoms with Crippen molar-refractivity contribution in [3.05, 3.63) is 56.4 Å². The lowest BCUT2D eigenvalue weighted by Crippen LogP contribution is -2.33. The largest absolute Gasteiger partial charge is 0.497 e. The highest BCUT2D eigenvalue weighted by molar-refractivity contribution is 6.41. The van der Waals surface area contributed by atoms with Crippen LogP contribution >= 0.6 is 23.2 Å². The summed E-state index contributed by atoms with van der Waals surface area (Å²) in [6.07, 6.45) is 1.22. The van der Waals surface area contributed by atoms with Gasteiger partial charge < -0.3 is 10.1 Å². The Morgan fingerprint density at radius 1 is 1.32 bits per heavy atom. The zero-order valence-corrected chi connectivity index (χ0v) is 13.2. The maximum absolute atomic E-state index is 11.8. The first kappa shape index (κ1) is 16.3. The molecule has 1 N–H and O–H groups in total. The van der Waals surface area contributed by atoms with Crippen LogP contribution in [0.15, 0.2) is 35.3 Å². The Hall–Kier alpha value is -2.05. The van der Waals surface area contributed by atoms with Crippen molar-refractivity contribution in [1.29, 1.82) is 0 Å². The molecule has 8 heteroatoms. The molecule has 1 heterocycles. The third kappa shape index (κ3) is 3.99. The lowest BCUT2D eigenvalue weighted by molar-refractivity contribution is -0.122. The van der Waals surface area contributed by atoms with Crippen LogP contribution in [0.2, 0.25) is 10.0 Å². The number of methoxy groups -OCH3 is 1. The topological polar surface area (TPSA) is 73.2 Å². The Morgan fingerprint density at radius 3 is 2.64 bits per heavy atom. The van der Waals surface area contributed by atoms with Crippen molar-refractivity contribution in [2.45, 2.75) is 13.1 Å². The number of aromatic nitrogens is 2. The summed E-state index contributed by atoms with van der Waals surface area (Å²) in [5.41, 5.74) is 0.303. The molecule has 1 aromatic heterocycles. The molecule has 22 heavy (non-hydrogen) atoms. The normalized spacial score (nSPS) is 10.3. The predicted octanol–water partition coefficient (Wildman–Crippen LogP) is 1.88. The van der Waals surface area contributed by atoms with E-state index in [-0.39, 0.29) is 22.5 Å². The fourth-order valence-electron chi connectivity index (χ4n) is 1.69. The van der Waals surface area contributed by atoms with Crippen molar-refractivity contribution in [2.24, 2.45) is 0 Å². The molecule has 2 aromatic rings. The van der Waals surface area contributed by atoms with E-state index in [4.69, 9.17) is 27.9 Å². The number of carbonyl (C=O) groups is 1. The minimum Gasteiger partial charge on any atom is -0.497 e. The summed E-state index contributed by atoms with van der Waals surface area (Å²) in [5.74, 6) is 0.380. The first-order valence-electron chi connectivity index (χ1n) is 6.32. The number of rotatable bonds is 5. The van der Waals surface area contributed by atoms with Crippen LogP contribution in [0.4, 0.5) is 0 Å². The fraction of sp³-hybridized carbons (Fsp3) is 0.214. The van der Waals surface area contributed by atoms with E-state index in [9.17, 15) is 9.59 Å². The standard InChI is InChI=1S/C14H13Cl2N3O3/c1-22-10-4-2-9(3-5-10)6-17-12(20)8-19-14(21)13(16)11(15)7-18-19/h2-5,7H,6,8H2,1H3,(H,17,20). The molecule has 0 aliphatic rings. The van der Waals surface area contributed by atoms with Crippen LogP contribution in [0, 0.1) is 0 Å². The van der Waals surface area contributed by atoms with E-state index in [1.165, 1.54) is 6.20 Å². The van der Waals surface area contributed by atoms with Gasteiger partial charge in [-0.15, -0.1) is 0 Å². The number of hydrogen-bond acceptors (Lipinski definition) is 4. The van der Waals surface area contributed by atoms with Gasteiger partial charge in [-0.25, -0.2) is 4.68 Å². The second kappa shape index (κ2) is 7.29. The molecule has 1 amide bonds. The molecule has 0 aliphatic carbocycles. The molecule has 0 bridgehead atoms. The number of amides is 1. The number of halogens is 2. The van der Waals surface area contributed by atoms with Crippen molar-refractivity contribution in [2.75, 3.05) is 7.11 Å². The minimum atomic E-state index is -0.603. The zero-order valence-electron chi connectivity index (χ0n) is 11.7. The summed E-state index contributed by atoms with van der Waals surface area (Å²) < 4.78 is 6.01. The predicted molar refractivity (Wildman–Crippen MR) is 83.4 cm³/mol. The summed E-state index contributed by atoms with van der Waals surface area (Å²) in [7, 11) is 1.58. The van der Waals surface area contributed by atoms with E-state index >= 15 is 0 Å². The summed E-state index contributed by atoms with van der Waals surface area (Å²) in [6, 6.07) is 7.27. The van der Waals surface area contributed by atoms with Gasteiger partial charge in [0, 0.05) is 6.54 Å². The molecule has 0 atom stereocenters. The van der Waals surface area contributed by atoms with Crippen LogP contribution in [0.25, 0.3) is 0 Å². The van der Waals surface area contributed by atoms with E-state index in [1.807, 2.05) is 12.1 Å². The molecule has 0 unspecified atom stereocenters. The van der Waals surface area contributed by atoms with Crippen LogP contribution in [-0.4, -0.2) is 22.8 Å². The van der Waals surface area contributed by atoms with Gasteiger partial charge in [-0.2, -0.15) is 5.10 Å². The van der Waals surface area contributed by atoms with Gasteiger partial charge in [-0.1, -0.05) is 35.3 Å². The first-order chi connectivity index (χ1) is 10.5. The highest BCUT2D eigenvalue weighted by atomic mass is 35.5. The maximum Gasteiger partial charge on any atom is 0.287 e. The first-order valence-corrected chi connectivity index (χ1v) is 7.07. The number of nitrogens with zero attached hydrogens (tertiary/aromatic N) is 2. The SMILES string of the molecule is COc1ccc(CNC(=O)Cn2ncc(Cl)c(Cl)c2=O)cc1. The minimum absolute atomic E-state index is 0.0570. The summed E-state index contributed by atoms with van der Waals surface area (Å²) in [4.78, 5) is 23.6. The monoisotopic (exact) mass is 341 g/mol. The quantitative estimate of drug-likeness (QED) is 0.900. The third-order valence-corrected chi connectivity index (χ3v) is 3.63. The van der Waals surface area contributed by atoms with Gasteiger partial charge in [-0.05, 0) is 17.7 Å². The summed E-state index contributed by atoms with van der Waals surface area (Å²) >= 11 is 11.4. The second-order valence-corrected chi connectivity index (χ2v) is 5.18. The van der Waals surface area contributed by atoms with Crippen molar-refractivity contribution < 1.29 is 9.53 Å². The molecule has 1 aromatic carbocycles. The Kier molecular flexibility index (Phi) is 5.41. The summed E-state index contributed by atoms with van der Waals surface area (Å²) in [5, 5.41) is 6.36. The molecule has 0 radical (unpaired) electrons. The molecular formula is C14H13Cl2N3O3. The number of ether oxygens (including phenoxy) is 1. The van der Waals surface area contributed by atoms with Crippen LogP contribution in [0.1, 0.15) is 5.56 Å². The zero-order chi connectivity index (χ0) is 16.1. The molecule has 116 valence electrons. The van der Waals surface area contributed by atoms with Gasteiger partial charge in [0.2, 0.25) is 5.91 Å². The van der Waals surface area contributed by atoms with Crippen molar-refractivity contribution >= 4 is 29.1 Å². The van der Waals surface area contributed by atoms with E-state index in [0.29, 0.717) is 6.54 Å². The Morgan fingerprint density at radius 2 is 2.00 bits per heavy atom. The number of carbonyl (C=O) groups excluding carboxylic acids is 1. The summed E-state index contributed by atoms with van der Waals surface area (Å²) in [6.45, 7) is 0.102. The van der Waals surface area contributed by atoms with Gasteiger partial charge in [-0.3, -0.25) is 9.59 Å². The van der Waals surface area contributed by atoms with Crippen LogP contribution in [0.5, 0.6) is 5.75 Å². The van der Waals surface area contributed by atoms with Crippen LogP contribution in [-0.2, 0) is 17.9 Å². The van der Waals surface area contributed by atoms with Crippen molar-refractivity contribution in [3.63, 3.8) is 0 Å². The van der Waals surface area contributed by atoms with E-state index in [1.54, 1.807) is 19.2 Å². The highest BCUT2D eigenvalue weighted by Crippen LogP contribution is 2.14. The second-order valence-electron chi connectivity index (χ2n) is 4.39. The number of hydrogen-bond donors (Lipinski definition) is 1. The van der Waals surface area contributed by atoms with Gasteiger partial charge in [0.05, 0.1) is 18.3 Å².